The third kappa shape index (κ3) is 3.15. The molecular weight excluding hydrogens is 302 g/mol. The minimum absolute atomic E-state index is 0.631. The van der Waals surface area contributed by atoms with Gasteiger partial charge in [-0.15, -0.1) is 0 Å². The molecule has 4 heteroatoms. The van der Waals surface area contributed by atoms with Crippen LogP contribution in [-0.4, -0.2) is 26.8 Å². The highest BCUT2D eigenvalue weighted by molar-refractivity contribution is 9.08. The summed E-state index contributed by atoms with van der Waals surface area (Å²) in [6, 6.07) is 6.28. The lowest BCUT2D eigenvalue weighted by molar-refractivity contribution is 0.161. The van der Waals surface area contributed by atoms with E-state index < -0.39 is 0 Å². The number of ether oxygens (including phenoxy) is 1. The molecule has 0 saturated carbocycles. The summed E-state index contributed by atoms with van der Waals surface area (Å²) in [6.07, 6.45) is 1.18. The zero-order chi connectivity index (χ0) is 12.3. The Balaban J connectivity index is 2.08. The first-order chi connectivity index (χ1) is 8.24. The van der Waals surface area contributed by atoms with Gasteiger partial charge < -0.3 is 9.64 Å². The van der Waals surface area contributed by atoms with E-state index in [4.69, 9.17) is 16.3 Å². The van der Waals surface area contributed by atoms with Crippen LogP contribution in [0.5, 0.6) is 0 Å². The van der Waals surface area contributed by atoms with Gasteiger partial charge in [-0.2, -0.15) is 0 Å². The Morgan fingerprint density at radius 2 is 2.35 bits per heavy atom. The number of hydrogen-bond donors (Lipinski definition) is 0. The van der Waals surface area contributed by atoms with Crippen LogP contribution in [0, 0.1) is 5.92 Å². The van der Waals surface area contributed by atoms with Gasteiger partial charge in [0, 0.05) is 31.4 Å². The molecule has 1 aromatic rings. The minimum atomic E-state index is 0.631. The molecule has 17 heavy (non-hydrogen) atoms. The van der Waals surface area contributed by atoms with Crippen LogP contribution in [0.25, 0.3) is 0 Å². The molecule has 0 radical (unpaired) electrons. The van der Waals surface area contributed by atoms with Crippen LogP contribution in [0.1, 0.15) is 12.0 Å². The van der Waals surface area contributed by atoms with E-state index in [-0.39, 0.29) is 0 Å². The number of nitrogens with zero attached hydrogens (tertiary/aromatic N) is 1. The van der Waals surface area contributed by atoms with Gasteiger partial charge in [0.1, 0.15) is 0 Å². The lowest BCUT2D eigenvalue weighted by Gasteiger charge is -2.20. The second-order valence-electron chi connectivity index (χ2n) is 4.48. The lowest BCUT2D eigenvalue weighted by Crippen LogP contribution is -2.21. The maximum absolute atomic E-state index is 6.32. The van der Waals surface area contributed by atoms with Gasteiger partial charge in [0.25, 0.3) is 0 Å². The van der Waals surface area contributed by atoms with E-state index in [1.165, 1.54) is 12.0 Å². The zero-order valence-electron chi connectivity index (χ0n) is 9.96. The third-order valence-corrected chi connectivity index (χ3v) is 4.15. The van der Waals surface area contributed by atoms with Gasteiger partial charge >= 0.3 is 0 Å². The minimum Gasteiger partial charge on any atom is -0.384 e. The van der Waals surface area contributed by atoms with E-state index in [1.54, 1.807) is 7.11 Å². The molecule has 1 aromatic carbocycles. The molecule has 1 aliphatic rings. The molecule has 1 fully saturated rings. The molecule has 0 N–H and O–H groups in total. The van der Waals surface area contributed by atoms with Gasteiger partial charge in [-0.25, -0.2) is 0 Å². The first-order valence-electron chi connectivity index (χ1n) is 5.83. The number of halogens is 2. The molecule has 94 valence electrons. The second-order valence-corrected chi connectivity index (χ2v) is 5.44. The van der Waals surface area contributed by atoms with Gasteiger partial charge in [-0.1, -0.05) is 33.6 Å². The second kappa shape index (κ2) is 6.07. The molecule has 1 heterocycles. The van der Waals surface area contributed by atoms with Gasteiger partial charge in [0.05, 0.1) is 17.3 Å². The Morgan fingerprint density at radius 1 is 1.53 bits per heavy atom. The van der Waals surface area contributed by atoms with Crippen LogP contribution in [0.3, 0.4) is 0 Å². The molecule has 1 aliphatic heterocycles. The quantitative estimate of drug-likeness (QED) is 0.785. The monoisotopic (exact) mass is 317 g/mol. The fraction of sp³-hybridized carbons (Fsp3) is 0.538. The van der Waals surface area contributed by atoms with Crippen molar-refractivity contribution in [3.8, 4) is 0 Å². The van der Waals surface area contributed by atoms with Crippen molar-refractivity contribution in [2.24, 2.45) is 5.92 Å². The molecule has 0 aromatic heterocycles. The first-order valence-corrected chi connectivity index (χ1v) is 7.32. The Hall–Kier alpha value is -0.250. The summed E-state index contributed by atoms with van der Waals surface area (Å²) in [4.78, 5) is 2.35. The van der Waals surface area contributed by atoms with Crippen molar-refractivity contribution >= 4 is 33.2 Å². The van der Waals surface area contributed by atoms with Crippen molar-refractivity contribution in [3.05, 3.63) is 28.8 Å². The number of methoxy groups -OCH3 is 1. The average molecular weight is 319 g/mol. The number of anilines is 1. The van der Waals surface area contributed by atoms with Crippen LogP contribution in [0.15, 0.2) is 18.2 Å². The average Bonchev–Trinajstić information content (AvgIpc) is 2.78. The Labute approximate surface area is 116 Å². The largest absolute Gasteiger partial charge is 0.384 e. The molecule has 0 spiro atoms. The Morgan fingerprint density at radius 3 is 3.00 bits per heavy atom. The SMILES string of the molecule is COCC1CCN(c2ccc(CBr)cc2Cl)C1. The first kappa shape index (κ1) is 13.2. The summed E-state index contributed by atoms with van der Waals surface area (Å²) in [7, 11) is 1.76. The molecule has 1 saturated heterocycles. The van der Waals surface area contributed by atoms with Crippen molar-refractivity contribution in [3.63, 3.8) is 0 Å². The molecule has 1 atom stereocenters. The van der Waals surface area contributed by atoms with Crippen molar-refractivity contribution < 1.29 is 4.74 Å². The summed E-state index contributed by atoms with van der Waals surface area (Å²) in [5.41, 5.74) is 2.36. The molecular formula is C13H17BrClNO. The highest BCUT2D eigenvalue weighted by atomic mass is 79.9. The van der Waals surface area contributed by atoms with E-state index >= 15 is 0 Å². The van der Waals surface area contributed by atoms with Crippen molar-refractivity contribution in [2.45, 2.75) is 11.8 Å². The van der Waals surface area contributed by atoms with Gasteiger partial charge in [0.15, 0.2) is 0 Å². The number of benzene rings is 1. The van der Waals surface area contributed by atoms with E-state index in [2.05, 4.69) is 33.0 Å². The molecule has 2 nitrogen and oxygen atoms in total. The summed E-state index contributed by atoms with van der Waals surface area (Å²) >= 11 is 9.76. The lowest BCUT2D eigenvalue weighted by atomic mass is 10.1. The third-order valence-electron chi connectivity index (χ3n) is 3.20. The van der Waals surface area contributed by atoms with Gasteiger partial charge in [-0.05, 0) is 24.1 Å². The molecule has 1 unspecified atom stereocenters. The zero-order valence-corrected chi connectivity index (χ0v) is 12.3. The van der Waals surface area contributed by atoms with Crippen LogP contribution in [0.4, 0.5) is 5.69 Å². The van der Waals surface area contributed by atoms with Crippen molar-refractivity contribution in [2.75, 3.05) is 31.7 Å². The number of rotatable bonds is 4. The van der Waals surface area contributed by atoms with Gasteiger partial charge in [0.2, 0.25) is 0 Å². The normalized spacial score (nSPS) is 19.9. The summed E-state index contributed by atoms with van der Waals surface area (Å²) in [6.45, 7) is 2.95. The van der Waals surface area contributed by atoms with Crippen LogP contribution >= 0.6 is 27.5 Å². The highest BCUT2D eigenvalue weighted by Crippen LogP contribution is 2.31. The fourth-order valence-corrected chi connectivity index (χ4v) is 2.98. The van der Waals surface area contributed by atoms with Crippen LogP contribution < -0.4 is 4.90 Å². The predicted octanol–water partition coefficient (Wildman–Crippen LogP) is 3.71. The summed E-state index contributed by atoms with van der Waals surface area (Å²) in [5.74, 6) is 0.631. The van der Waals surface area contributed by atoms with Crippen molar-refractivity contribution in [1.29, 1.82) is 0 Å². The van der Waals surface area contributed by atoms with E-state index in [0.29, 0.717) is 5.92 Å². The molecule has 0 amide bonds. The predicted molar refractivity (Wildman–Crippen MR) is 76.3 cm³/mol. The van der Waals surface area contributed by atoms with Crippen molar-refractivity contribution in [1.82, 2.24) is 0 Å². The number of hydrogen-bond acceptors (Lipinski definition) is 2. The van der Waals surface area contributed by atoms with E-state index in [1.807, 2.05) is 6.07 Å². The van der Waals surface area contributed by atoms with E-state index in [9.17, 15) is 0 Å². The Bertz CT molecular complexity index is 386. The fourth-order valence-electron chi connectivity index (χ4n) is 2.31. The topological polar surface area (TPSA) is 12.5 Å². The Kier molecular flexibility index (Phi) is 4.71. The molecule has 0 aliphatic carbocycles. The van der Waals surface area contributed by atoms with Crippen LogP contribution in [0.2, 0.25) is 5.02 Å². The summed E-state index contributed by atoms with van der Waals surface area (Å²) in [5, 5.41) is 1.69. The number of alkyl halides is 1. The molecule has 2 rings (SSSR count). The van der Waals surface area contributed by atoms with E-state index in [0.717, 1.165) is 35.7 Å². The van der Waals surface area contributed by atoms with Gasteiger partial charge in [-0.3, -0.25) is 0 Å². The standard InChI is InChI=1S/C13H17BrClNO/c1-17-9-11-4-5-16(8-11)13-3-2-10(7-14)6-12(13)15/h2-3,6,11H,4-5,7-9H2,1H3. The maximum Gasteiger partial charge on any atom is 0.0642 e. The maximum atomic E-state index is 6.32. The van der Waals surface area contributed by atoms with Crippen LogP contribution in [-0.2, 0) is 10.1 Å². The summed E-state index contributed by atoms with van der Waals surface area (Å²) < 4.78 is 5.21. The smallest absolute Gasteiger partial charge is 0.0642 e. The molecule has 0 bridgehead atoms. The highest BCUT2D eigenvalue weighted by Gasteiger charge is 2.23.